The van der Waals surface area contributed by atoms with E-state index in [0.717, 1.165) is 24.4 Å². The van der Waals surface area contributed by atoms with Crippen LogP contribution in [0.5, 0.6) is 0 Å². The van der Waals surface area contributed by atoms with Crippen molar-refractivity contribution < 1.29 is 21.5 Å². The van der Waals surface area contributed by atoms with Gasteiger partial charge >= 0.3 is 17.1 Å². The maximum atomic E-state index is 5.67. The molecule has 0 spiro atoms. The second kappa shape index (κ2) is 9.66. The molecule has 98 valence electrons. The van der Waals surface area contributed by atoms with Gasteiger partial charge in [0.15, 0.2) is 0 Å². The van der Waals surface area contributed by atoms with Crippen LogP contribution < -0.4 is 0 Å². The molecule has 0 N–H and O–H groups in total. The van der Waals surface area contributed by atoms with Crippen LogP contribution in [0.25, 0.3) is 0 Å². The number of rotatable bonds is 3. The van der Waals surface area contributed by atoms with Gasteiger partial charge in [-0.1, -0.05) is 6.92 Å². The maximum Gasteiger partial charge on any atom is 2.00 e. The summed E-state index contributed by atoms with van der Waals surface area (Å²) < 4.78 is 5.67. The topological polar surface area (TPSA) is 13.1 Å². The van der Waals surface area contributed by atoms with Crippen LogP contribution in [0.4, 0.5) is 0 Å². The third-order valence-corrected chi connectivity index (χ3v) is 2.66. The van der Waals surface area contributed by atoms with Gasteiger partial charge in [0.1, 0.15) is 11.5 Å². The summed E-state index contributed by atoms with van der Waals surface area (Å²) in [5.74, 6) is 3.23. The van der Waals surface area contributed by atoms with Crippen LogP contribution in [0.3, 0.4) is 0 Å². The van der Waals surface area contributed by atoms with Crippen LogP contribution in [0.2, 0.25) is 0 Å². The van der Waals surface area contributed by atoms with Gasteiger partial charge in [0.2, 0.25) is 0 Å². The van der Waals surface area contributed by atoms with Crippen LogP contribution >= 0.6 is 0 Å². The molecule has 0 bridgehead atoms. The van der Waals surface area contributed by atoms with Gasteiger partial charge in [-0.15, -0.1) is 0 Å². The third kappa shape index (κ3) is 5.75. The SMILES string of the molecule is CCCc1ccc([C]2[CH][CH][CH][CH]2)o1.[CH]1[CH][CH][CH][CH]1.[Fe+2]. The molecule has 2 heteroatoms. The second-order valence-corrected chi connectivity index (χ2v) is 4.15. The van der Waals surface area contributed by atoms with Crippen molar-refractivity contribution in [2.24, 2.45) is 0 Å². The van der Waals surface area contributed by atoms with Crippen LogP contribution in [-0.2, 0) is 23.5 Å². The third-order valence-electron chi connectivity index (χ3n) is 2.66. The Hall–Kier alpha value is -0.201. The van der Waals surface area contributed by atoms with Gasteiger partial charge < -0.3 is 4.42 Å². The standard InChI is InChI=1S/C12H13O.C5H5.Fe/c1-2-5-11-8-9-12(13-11)10-6-3-4-7-10;1-2-4-5-3-1;/h3-4,6-9H,2,5H2,1H3;1-5H;/q;;+2. The van der Waals surface area contributed by atoms with E-state index in [9.17, 15) is 0 Å². The van der Waals surface area contributed by atoms with Crippen molar-refractivity contribution >= 4 is 0 Å². The van der Waals surface area contributed by atoms with E-state index in [1.165, 1.54) is 5.92 Å². The predicted octanol–water partition coefficient (Wildman–Crippen LogP) is 4.00. The normalized spacial score (nSPS) is 18.8. The van der Waals surface area contributed by atoms with Crippen LogP contribution in [-0.4, -0.2) is 0 Å². The van der Waals surface area contributed by atoms with Crippen molar-refractivity contribution in [3.05, 3.63) is 87.4 Å². The maximum absolute atomic E-state index is 5.67. The first-order valence-electron chi connectivity index (χ1n) is 6.37. The van der Waals surface area contributed by atoms with E-state index in [2.05, 4.69) is 25.8 Å². The van der Waals surface area contributed by atoms with E-state index >= 15 is 0 Å². The molecule has 0 saturated heterocycles. The first-order chi connectivity index (χ1) is 8.90. The predicted molar refractivity (Wildman–Crippen MR) is 73.7 cm³/mol. The molecule has 2 fully saturated rings. The molecule has 0 amide bonds. The Bertz CT molecular complexity index is 314. The van der Waals surface area contributed by atoms with Gasteiger partial charge in [-0.05, 0) is 76.3 Å². The van der Waals surface area contributed by atoms with Gasteiger partial charge in [0.25, 0.3) is 0 Å². The summed E-state index contributed by atoms with van der Waals surface area (Å²) in [4.78, 5) is 0. The van der Waals surface area contributed by atoms with E-state index < -0.39 is 0 Å². The summed E-state index contributed by atoms with van der Waals surface area (Å²) in [5.41, 5.74) is 0. The monoisotopic (exact) mass is 294 g/mol. The molecule has 10 radical (unpaired) electrons. The molecule has 0 aromatic carbocycles. The van der Waals surface area contributed by atoms with Crippen molar-refractivity contribution in [2.75, 3.05) is 0 Å². The Balaban J connectivity index is 0.000000256. The number of hydrogen-bond donors (Lipinski definition) is 0. The van der Waals surface area contributed by atoms with Crippen molar-refractivity contribution in [1.82, 2.24) is 0 Å². The fourth-order valence-corrected chi connectivity index (χ4v) is 1.77. The minimum atomic E-state index is 0. The Morgan fingerprint density at radius 3 is 1.95 bits per heavy atom. The molecule has 3 rings (SSSR count). The minimum Gasteiger partial charge on any atom is -0.465 e. The summed E-state index contributed by atoms with van der Waals surface area (Å²) in [7, 11) is 0. The molecule has 1 nitrogen and oxygen atoms in total. The van der Waals surface area contributed by atoms with Crippen molar-refractivity contribution in [3.8, 4) is 0 Å². The van der Waals surface area contributed by atoms with Gasteiger partial charge in [-0.2, -0.15) is 0 Å². The zero-order valence-corrected chi connectivity index (χ0v) is 12.1. The molecule has 1 aromatic heterocycles. The molecule has 19 heavy (non-hydrogen) atoms. The van der Waals surface area contributed by atoms with Gasteiger partial charge in [0.05, 0.1) is 0 Å². The largest absolute Gasteiger partial charge is 2.00 e. The Morgan fingerprint density at radius 2 is 1.42 bits per heavy atom. The fourth-order valence-electron chi connectivity index (χ4n) is 1.77. The van der Waals surface area contributed by atoms with E-state index in [1.54, 1.807) is 0 Å². The summed E-state index contributed by atoms with van der Waals surface area (Å²) in [6.07, 6.45) is 20.3. The molecular formula is C17H18FeO+2. The van der Waals surface area contributed by atoms with Crippen molar-refractivity contribution in [1.29, 1.82) is 0 Å². The minimum absolute atomic E-state index is 0. The summed E-state index contributed by atoms with van der Waals surface area (Å²) in [6.45, 7) is 2.16. The van der Waals surface area contributed by atoms with Gasteiger partial charge in [-0.25, -0.2) is 0 Å². The molecule has 1 heterocycles. The van der Waals surface area contributed by atoms with Crippen LogP contribution in [0.15, 0.2) is 16.5 Å². The number of hydrogen-bond acceptors (Lipinski definition) is 1. The van der Waals surface area contributed by atoms with Gasteiger partial charge in [0, 0.05) is 12.3 Å². The molecule has 0 atom stereocenters. The van der Waals surface area contributed by atoms with E-state index in [4.69, 9.17) is 4.42 Å². The molecular weight excluding hydrogens is 276 g/mol. The fraction of sp³-hybridized carbons (Fsp3) is 0.176. The zero-order chi connectivity index (χ0) is 12.6. The average Bonchev–Trinajstić information content (AvgIpc) is 3.14. The van der Waals surface area contributed by atoms with E-state index in [0.29, 0.717) is 0 Å². The first-order valence-corrected chi connectivity index (χ1v) is 6.37. The average molecular weight is 294 g/mol. The zero-order valence-electron chi connectivity index (χ0n) is 11.0. The van der Waals surface area contributed by atoms with Crippen molar-refractivity contribution in [2.45, 2.75) is 19.8 Å². The Morgan fingerprint density at radius 1 is 0.842 bits per heavy atom. The first kappa shape index (κ1) is 16.9. The molecule has 0 aliphatic heterocycles. The number of furan rings is 1. The Kier molecular flexibility index (Phi) is 8.57. The summed E-state index contributed by atoms with van der Waals surface area (Å²) in [6, 6.07) is 4.10. The van der Waals surface area contributed by atoms with Gasteiger partial charge in [-0.3, -0.25) is 0 Å². The quantitative estimate of drug-likeness (QED) is 0.768. The summed E-state index contributed by atoms with van der Waals surface area (Å²) >= 11 is 0. The second-order valence-electron chi connectivity index (χ2n) is 4.15. The molecule has 0 unspecified atom stereocenters. The number of aryl methyl sites for hydroxylation is 1. The summed E-state index contributed by atoms with van der Waals surface area (Å²) in [5, 5.41) is 0. The van der Waals surface area contributed by atoms with Crippen molar-refractivity contribution in [3.63, 3.8) is 0 Å². The Labute approximate surface area is 129 Å². The van der Waals surface area contributed by atoms with E-state index in [-0.39, 0.29) is 17.1 Å². The smallest absolute Gasteiger partial charge is 0.465 e. The molecule has 1 aromatic rings. The van der Waals surface area contributed by atoms with Crippen LogP contribution in [0, 0.1) is 63.7 Å². The molecule has 2 aliphatic rings. The van der Waals surface area contributed by atoms with E-state index in [1.807, 2.05) is 51.0 Å². The van der Waals surface area contributed by atoms with Crippen LogP contribution in [0.1, 0.15) is 24.9 Å². The molecule has 2 aliphatic carbocycles. The molecule has 2 saturated carbocycles.